The molecule has 1 heterocycles. The lowest BCUT2D eigenvalue weighted by atomic mass is 9.99. The molecule has 0 saturated heterocycles. The number of benzene rings is 2. The van der Waals surface area contributed by atoms with Gasteiger partial charge in [0, 0.05) is 27.7 Å². The van der Waals surface area contributed by atoms with E-state index in [1.165, 1.54) is 0 Å². The Hall–Kier alpha value is -1.90. The monoisotopic (exact) mass is 301 g/mol. The van der Waals surface area contributed by atoms with Crippen LogP contribution in [-0.2, 0) is 0 Å². The third-order valence-corrected chi connectivity index (χ3v) is 3.61. The number of hydrogen-bond acceptors (Lipinski definition) is 2. The van der Waals surface area contributed by atoms with Gasteiger partial charge in [0.15, 0.2) is 5.78 Å². The predicted octanol–water partition coefficient (Wildman–Crippen LogP) is 4.77. The average molecular weight is 302 g/mol. The van der Waals surface area contributed by atoms with Crippen LogP contribution < -0.4 is 0 Å². The molecule has 2 nitrogen and oxygen atoms in total. The van der Waals surface area contributed by atoms with Gasteiger partial charge in [0.1, 0.15) is 0 Å². The summed E-state index contributed by atoms with van der Waals surface area (Å²) in [4.78, 5) is 16.9. The fourth-order valence-corrected chi connectivity index (χ4v) is 2.61. The van der Waals surface area contributed by atoms with E-state index in [-0.39, 0.29) is 5.78 Å². The Morgan fingerprint density at radius 3 is 2.60 bits per heavy atom. The van der Waals surface area contributed by atoms with Gasteiger partial charge in [0.25, 0.3) is 0 Å². The molecular formula is C16H9Cl2NO. The third-order valence-electron chi connectivity index (χ3n) is 3.07. The molecule has 0 spiro atoms. The highest BCUT2D eigenvalue weighted by molar-refractivity contribution is 6.38. The van der Waals surface area contributed by atoms with Crippen LogP contribution in [0.25, 0.3) is 10.9 Å². The molecule has 0 bridgehead atoms. The van der Waals surface area contributed by atoms with Gasteiger partial charge in [-0.2, -0.15) is 0 Å². The molecule has 0 aliphatic carbocycles. The van der Waals surface area contributed by atoms with E-state index in [2.05, 4.69) is 4.98 Å². The highest BCUT2D eigenvalue weighted by Gasteiger charge is 2.15. The van der Waals surface area contributed by atoms with Crippen LogP contribution in [-0.4, -0.2) is 10.8 Å². The number of fused-ring (bicyclic) bond motifs is 1. The molecule has 0 aliphatic rings. The molecule has 4 heteroatoms. The highest BCUT2D eigenvalue weighted by Crippen LogP contribution is 2.26. The summed E-state index contributed by atoms with van der Waals surface area (Å²) in [5, 5.41) is 1.67. The zero-order chi connectivity index (χ0) is 14.1. The topological polar surface area (TPSA) is 30.0 Å². The summed E-state index contributed by atoms with van der Waals surface area (Å²) in [7, 11) is 0. The van der Waals surface area contributed by atoms with Crippen molar-refractivity contribution in [3.8, 4) is 0 Å². The Morgan fingerprint density at radius 2 is 1.80 bits per heavy atom. The first-order valence-corrected chi connectivity index (χ1v) is 6.76. The first-order valence-electron chi connectivity index (χ1n) is 6.00. The number of hydrogen-bond donors (Lipinski definition) is 0. The average Bonchev–Trinajstić information content (AvgIpc) is 2.46. The van der Waals surface area contributed by atoms with Gasteiger partial charge in [-0.05, 0) is 30.3 Å². The van der Waals surface area contributed by atoms with Crippen molar-refractivity contribution in [1.82, 2.24) is 4.98 Å². The number of carbonyl (C=O) groups excluding carboxylic acids is 1. The summed E-state index contributed by atoms with van der Waals surface area (Å²) in [6, 6.07) is 14.0. The highest BCUT2D eigenvalue weighted by atomic mass is 35.5. The van der Waals surface area contributed by atoms with Crippen molar-refractivity contribution < 1.29 is 4.79 Å². The summed E-state index contributed by atoms with van der Waals surface area (Å²) in [5.74, 6) is -0.134. The van der Waals surface area contributed by atoms with E-state index >= 15 is 0 Å². The molecule has 0 amide bonds. The van der Waals surface area contributed by atoms with E-state index in [9.17, 15) is 4.79 Å². The molecule has 20 heavy (non-hydrogen) atoms. The lowest BCUT2D eigenvalue weighted by Crippen LogP contribution is -2.03. The van der Waals surface area contributed by atoms with Gasteiger partial charge in [0.05, 0.1) is 10.5 Å². The van der Waals surface area contributed by atoms with Crippen molar-refractivity contribution in [2.24, 2.45) is 0 Å². The summed E-state index contributed by atoms with van der Waals surface area (Å²) in [6.07, 6.45) is 1.70. The van der Waals surface area contributed by atoms with Crippen molar-refractivity contribution in [1.29, 1.82) is 0 Å². The molecule has 3 rings (SSSR count). The first kappa shape index (κ1) is 13.1. The minimum atomic E-state index is -0.134. The molecule has 0 atom stereocenters. The summed E-state index contributed by atoms with van der Waals surface area (Å²) < 4.78 is 0. The van der Waals surface area contributed by atoms with Gasteiger partial charge >= 0.3 is 0 Å². The van der Waals surface area contributed by atoms with E-state index in [0.29, 0.717) is 21.2 Å². The number of halogens is 2. The molecule has 0 radical (unpaired) electrons. The lowest BCUT2D eigenvalue weighted by Gasteiger charge is -2.07. The zero-order valence-corrected chi connectivity index (χ0v) is 11.8. The second-order valence-electron chi connectivity index (χ2n) is 4.33. The van der Waals surface area contributed by atoms with Crippen LogP contribution in [0.4, 0.5) is 0 Å². The maximum Gasteiger partial charge on any atom is 0.195 e. The SMILES string of the molecule is O=C(c1ccc(Cl)cc1Cl)c1cccc2ncccc12. The van der Waals surface area contributed by atoms with Gasteiger partial charge in [-0.15, -0.1) is 0 Å². The van der Waals surface area contributed by atoms with Crippen LogP contribution in [0.3, 0.4) is 0 Å². The van der Waals surface area contributed by atoms with Crippen molar-refractivity contribution in [2.75, 3.05) is 0 Å². The van der Waals surface area contributed by atoms with Crippen molar-refractivity contribution in [3.05, 3.63) is 75.9 Å². The lowest BCUT2D eigenvalue weighted by molar-refractivity contribution is 0.104. The Kier molecular flexibility index (Phi) is 3.43. The maximum atomic E-state index is 12.6. The fourth-order valence-electron chi connectivity index (χ4n) is 2.12. The fraction of sp³-hybridized carbons (Fsp3) is 0. The van der Waals surface area contributed by atoms with Crippen LogP contribution in [0.5, 0.6) is 0 Å². The minimum Gasteiger partial charge on any atom is -0.289 e. The zero-order valence-electron chi connectivity index (χ0n) is 10.3. The largest absolute Gasteiger partial charge is 0.289 e. The summed E-state index contributed by atoms with van der Waals surface area (Å²) in [6.45, 7) is 0. The van der Waals surface area contributed by atoms with Gasteiger partial charge in [0.2, 0.25) is 0 Å². The van der Waals surface area contributed by atoms with Gasteiger partial charge in [-0.3, -0.25) is 9.78 Å². The Labute approximate surface area is 126 Å². The van der Waals surface area contributed by atoms with Crippen molar-refractivity contribution in [3.63, 3.8) is 0 Å². The Morgan fingerprint density at radius 1 is 0.950 bits per heavy atom. The Balaban J connectivity index is 2.18. The predicted molar refractivity (Wildman–Crippen MR) is 81.6 cm³/mol. The van der Waals surface area contributed by atoms with Crippen LogP contribution in [0.15, 0.2) is 54.7 Å². The number of nitrogens with zero attached hydrogens (tertiary/aromatic N) is 1. The van der Waals surface area contributed by atoms with Crippen molar-refractivity contribution >= 4 is 39.9 Å². The molecule has 2 aromatic carbocycles. The van der Waals surface area contributed by atoms with Gasteiger partial charge in [-0.1, -0.05) is 41.4 Å². The second-order valence-corrected chi connectivity index (χ2v) is 5.17. The standard InChI is InChI=1S/C16H9Cl2NO/c17-10-6-7-13(14(18)9-10)16(20)12-3-1-5-15-11(12)4-2-8-19-15/h1-9H. The molecule has 3 aromatic rings. The van der Waals surface area contributed by atoms with E-state index in [1.54, 1.807) is 30.5 Å². The number of aromatic nitrogens is 1. The van der Waals surface area contributed by atoms with Crippen LogP contribution in [0, 0.1) is 0 Å². The molecule has 0 N–H and O–H groups in total. The quantitative estimate of drug-likeness (QED) is 0.638. The summed E-state index contributed by atoms with van der Waals surface area (Å²) in [5.41, 5.74) is 1.80. The van der Waals surface area contributed by atoms with E-state index in [1.807, 2.05) is 24.3 Å². The van der Waals surface area contributed by atoms with E-state index in [4.69, 9.17) is 23.2 Å². The molecule has 0 unspecified atom stereocenters. The summed E-state index contributed by atoms with van der Waals surface area (Å²) >= 11 is 12.0. The van der Waals surface area contributed by atoms with Crippen LogP contribution >= 0.6 is 23.2 Å². The number of ketones is 1. The normalized spacial score (nSPS) is 10.7. The number of pyridine rings is 1. The van der Waals surface area contributed by atoms with Gasteiger partial charge < -0.3 is 0 Å². The molecule has 0 fully saturated rings. The second kappa shape index (κ2) is 5.23. The first-order chi connectivity index (χ1) is 9.66. The van der Waals surface area contributed by atoms with E-state index < -0.39 is 0 Å². The van der Waals surface area contributed by atoms with Crippen molar-refractivity contribution in [2.45, 2.75) is 0 Å². The van der Waals surface area contributed by atoms with Crippen LogP contribution in [0.2, 0.25) is 10.0 Å². The van der Waals surface area contributed by atoms with Gasteiger partial charge in [-0.25, -0.2) is 0 Å². The third kappa shape index (κ3) is 2.28. The number of rotatable bonds is 2. The molecule has 1 aromatic heterocycles. The smallest absolute Gasteiger partial charge is 0.195 e. The minimum absolute atomic E-state index is 0.134. The molecule has 0 aliphatic heterocycles. The molecular weight excluding hydrogens is 293 g/mol. The van der Waals surface area contributed by atoms with E-state index in [0.717, 1.165) is 10.9 Å². The Bertz CT molecular complexity index is 809. The molecule has 0 saturated carbocycles. The van der Waals surface area contributed by atoms with Crippen LogP contribution in [0.1, 0.15) is 15.9 Å². The molecule has 98 valence electrons. The number of carbonyl (C=O) groups is 1. The maximum absolute atomic E-state index is 12.6.